The van der Waals surface area contributed by atoms with Gasteiger partial charge in [-0.3, -0.25) is 9.36 Å². The molecule has 3 rings (SSSR count). The Morgan fingerprint density at radius 2 is 1.78 bits per heavy atom. The van der Waals surface area contributed by atoms with E-state index in [0.29, 0.717) is 56.1 Å². The zero-order chi connectivity index (χ0) is 27.3. The van der Waals surface area contributed by atoms with Crippen molar-refractivity contribution < 1.29 is 19.0 Å². The van der Waals surface area contributed by atoms with Gasteiger partial charge in [-0.2, -0.15) is 0 Å². The minimum absolute atomic E-state index is 0.160. The van der Waals surface area contributed by atoms with Gasteiger partial charge in [-0.1, -0.05) is 0 Å². The fourth-order valence-corrected chi connectivity index (χ4v) is 6.96. The Labute approximate surface area is 238 Å². The van der Waals surface area contributed by atoms with E-state index in [1.807, 2.05) is 29.8 Å². The lowest BCUT2D eigenvalue weighted by atomic mass is 10.2. The molecule has 0 bridgehead atoms. The normalized spacial score (nSPS) is 17.6. The Morgan fingerprint density at radius 1 is 1.14 bits per heavy atom. The van der Waals surface area contributed by atoms with Gasteiger partial charge in [0.25, 0.3) is 0 Å². The van der Waals surface area contributed by atoms with Crippen molar-refractivity contribution in [3.63, 3.8) is 0 Å². The molecule has 1 saturated heterocycles. The number of benzene rings is 1. The molecule has 2 aromatic rings. The molecule has 1 aromatic heterocycles. The molecular formula is C23H36Cl4N5O4P. The van der Waals surface area contributed by atoms with Crippen LogP contribution in [0.5, 0.6) is 0 Å². The second kappa shape index (κ2) is 17.0. The third-order valence-electron chi connectivity index (χ3n) is 5.78. The van der Waals surface area contributed by atoms with Crippen LogP contribution >= 0.6 is 54.1 Å². The van der Waals surface area contributed by atoms with Gasteiger partial charge >= 0.3 is 13.6 Å². The van der Waals surface area contributed by atoms with Crippen molar-refractivity contribution in [1.29, 1.82) is 0 Å². The number of aliphatic carboxylic acids is 1. The van der Waals surface area contributed by atoms with Crippen LogP contribution in [0.1, 0.15) is 25.1 Å². The summed E-state index contributed by atoms with van der Waals surface area (Å²) in [4.78, 5) is 17.4. The third kappa shape index (κ3) is 10.0. The standard InChI is InChI=1S/C16H21Cl2N3O2.C7H15Cl2N2O2P/c1-20-14-6-5-12(21(9-7-17)10-8-18)11-13(14)19-15(20)3-2-4-16(22)23;8-2-5-11(6-3-9)14(12)10-4-1-7-13-14/h5-6,11H,2-4,7-10H2,1H3,(H,22,23);1-7H2,(H,10,12). The van der Waals surface area contributed by atoms with Crippen LogP contribution in [0.3, 0.4) is 0 Å². The Kier molecular flexibility index (Phi) is 14.9. The van der Waals surface area contributed by atoms with Crippen LogP contribution in [0.2, 0.25) is 0 Å². The van der Waals surface area contributed by atoms with Crippen LogP contribution in [-0.2, 0) is 27.4 Å². The van der Waals surface area contributed by atoms with E-state index in [1.165, 1.54) is 0 Å². The molecule has 37 heavy (non-hydrogen) atoms. The Balaban J connectivity index is 0.000000294. The average molecular weight is 619 g/mol. The maximum absolute atomic E-state index is 12.2. The second-order valence-corrected chi connectivity index (χ2v) is 12.0. The molecule has 210 valence electrons. The summed E-state index contributed by atoms with van der Waals surface area (Å²) in [5.41, 5.74) is 2.99. The van der Waals surface area contributed by atoms with Crippen molar-refractivity contribution in [3.8, 4) is 0 Å². The summed E-state index contributed by atoms with van der Waals surface area (Å²) in [7, 11) is -0.883. The molecule has 2 heterocycles. The largest absolute Gasteiger partial charge is 0.481 e. The van der Waals surface area contributed by atoms with E-state index in [9.17, 15) is 9.36 Å². The number of nitrogens with zero attached hydrogens (tertiary/aromatic N) is 4. The first-order valence-electron chi connectivity index (χ1n) is 12.2. The summed E-state index contributed by atoms with van der Waals surface area (Å²) < 4.78 is 21.2. The molecule has 1 aliphatic heterocycles. The van der Waals surface area contributed by atoms with Gasteiger partial charge in [0.05, 0.1) is 17.6 Å². The van der Waals surface area contributed by atoms with E-state index in [1.54, 1.807) is 4.67 Å². The van der Waals surface area contributed by atoms with Gasteiger partial charge in [0, 0.05) is 81.8 Å². The minimum Gasteiger partial charge on any atom is -0.481 e. The highest BCUT2D eigenvalue weighted by molar-refractivity contribution is 7.54. The fraction of sp³-hybridized carbons (Fsp3) is 0.652. The van der Waals surface area contributed by atoms with Gasteiger partial charge in [0.2, 0.25) is 0 Å². The lowest BCUT2D eigenvalue weighted by molar-refractivity contribution is -0.137. The Morgan fingerprint density at radius 3 is 2.32 bits per heavy atom. The van der Waals surface area contributed by atoms with E-state index in [2.05, 4.69) is 15.0 Å². The molecule has 1 aliphatic rings. The zero-order valence-electron chi connectivity index (χ0n) is 21.1. The lowest BCUT2D eigenvalue weighted by Gasteiger charge is -2.33. The van der Waals surface area contributed by atoms with Crippen LogP contribution in [0, 0.1) is 0 Å². The number of imidazole rings is 1. The first-order chi connectivity index (χ1) is 17.8. The molecule has 0 amide bonds. The summed E-state index contributed by atoms with van der Waals surface area (Å²) >= 11 is 23.0. The number of hydrogen-bond acceptors (Lipinski definition) is 5. The first-order valence-corrected chi connectivity index (χ1v) is 15.9. The fourth-order valence-electron chi connectivity index (χ4n) is 3.91. The predicted octanol–water partition coefficient (Wildman–Crippen LogP) is 5.15. The van der Waals surface area contributed by atoms with Crippen LogP contribution in [-0.4, -0.2) is 88.1 Å². The average Bonchev–Trinajstić information content (AvgIpc) is 3.19. The number of nitrogens with one attached hydrogen (secondary N) is 1. The molecular weight excluding hydrogens is 583 g/mol. The van der Waals surface area contributed by atoms with E-state index >= 15 is 0 Å². The van der Waals surface area contributed by atoms with Gasteiger partial charge < -0.3 is 19.1 Å². The highest BCUT2D eigenvalue weighted by atomic mass is 35.5. The molecule has 0 saturated carbocycles. The van der Waals surface area contributed by atoms with Gasteiger partial charge in [-0.05, 0) is 31.0 Å². The van der Waals surface area contributed by atoms with Crippen molar-refractivity contribution >= 4 is 76.8 Å². The molecule has 2 N–H and O–H groups in total. The van der Waals surface area contributed by atoms with Gasteiger partial charge in [-0.25, -0.2) is 14.7 Å². The molecule has 0 aliphatic carbocycles. The van der Waals surface area contributed by atoms with Crippen molar-refractivity contribution in [2.24, 2.45) is 7.05 Å². The maximum Gasteiger partial charge on any atom is 0.343 e. The summed E-state index contributed by atoms with van der Waals surface area (Å²) in [6, 6.07) is 6.12. The smallest absolute Gasteiger partial charge is 0.343 e. The molecule has 0 spiro atoms. The predicted molar refractivity (Wildman–Crippen MR) is 154 cm³/mol. The lowest BCUT2D eigenvalue weighted by Crippen LogP contribution is -2.35. The van der Waals surface area contributed by atoms with Crippen LogP contribution in [0.15, 0.2) is 18.2 Å². The van der Waals surface area contributed by atoms with Crippen molar-refractivity contribution in [1.82, 2.24) is 19.3 Å². The number of anilines is 1. The van der Waals surface area contributed by atoms with Crippen LogP contribution < -0.4 is 9.99 Å². The van der Waals surface area contributed by atoms with Crippen molar-refractivity contribution in [2.75, 3.05) is 67.8 Å². The first kappa shape index (κ1) is 32.4. The van der Waals surface area contributed by atoms with Crippen molar-refractivity contribution in [2.45, 2.75) is 25.7 Å². The molecule has 1 aromatic carbocycles. The highest BCUT2D eigenvalue weighted by Crippen LogP contribution is 2.48. The maximum atomic E-state index is 12.2. The summed E-state index contributed by atoms with van der Waals surface area (Å²) in [6.45, 7) is 3.77. The topological polar surface area (TPSA) is 99.9 Å². The number of hydrogen-bond donors (Lipinski definition) is 2. The van der Waals surface area contributed by atoms with Crippen molar-refractivity contribution in [3.05, 3.63) is 24.0 Å². The van der Waals surface area contributed by atoms with Gasteiger partial charge in [0.15, 0.2) is 0 Å². The van der Waals surface area contributed by atoms with Gasteiger partial charge in [-0.15, -0.1) is 46.4 Å². The highest BCUT2D eigenvalue weighted by Gasteiger charge is 2.32. The number of carbonyl (C=O) groups is 1. The summed E-state index contributed by atoms with van der Waals surface area (Å²) in [5.74, 6) is 2.05. The Hall–Kier alpha value is -0.770. The number of rotatable bonds is 14. The second-order valence-electron chi connectivity index (χ2n) is 8.32. The van der Waals surface area contributed by atoms with E-state index < -0.39 is 13.6 Å². The number of halogens is 4. The Bertz CT molecular complexity index is 1010. The number of carboxylic acid groups (broad SMARTS) is 1. The van der Waals surface area contributed by atoms with Crippen LogP contribution in [0.4, 0.5) is 5.69 Å². The van der Waals surface area contributed by atoms with Gasteiger partial charge in [0.1, 0.15) is 5.82 Å². The molecule has 14 heteroatoms. The summed E-state index contributed by atoms with van der Waals surface area (Å²) in [5, 5.41) is 11.7. The van der Waals surface area contributed by atoms with E-state index in [-0.39, 0.29) is 6.42 Å². The quantitative estimate of drug-likeness (QED) is 0.222. The number of fused-ring (bicyclic) bond motifs is 1. The number of aromatic nitrogens is 2. The van der Waals surface area contributed by atoms with E-state index in [0.717, 1.165) is 48.6 Å². The third-order valence-corrected chi connectivity index (χ3v) is 8.76. The monoisotopic (exact) mass is 617 g/mol. The SMILES string of the molecule is Cn1c(CCCC(=O)O)nc2cc(N(CCCl)CCCl)ccc21.O=P1(N(CCCl)CCCl)NCCCO1. The number of aryl methyl sites for hydroxylation is 2. The number of carboxylic acids is 1. The minimum atomic E-state index is -2.84. The molecule has 1 fully saturated rings. The van der Waals surface area contributed by atoms with Crippen LogP contribution in [0.25, 0.3) is 11.0 Å². The molecule has 1 atom stereocenters. The zero-order valence-corrected chi connectivity index (χ0v) is 25.0. The van der Waals surface area contributed by atoms with E-state index in [4.69, 9.17) is 56.0 Å². The summed E-state index contributed by atoms with van der Waals surface area (Å²) in [6.07, 6.45) is 2.29. The molecule has 1 unspecified atom stereocenters. The number of alkyl halides is 4. The molecule has 9 nitrogen and oxygen atoms in total. The molecule has 0 radical (unpaired) electrons.